The van der Waals surface area contributed by atoms with E-state index >= 15 is 0 Å². The van der Waals surface area contributed by atoms with E-state index in [1.165, 1.54) is 25.6 Å². The van der Waals surface area contributed by atoms with Crippen LogP contribution in [0.5, 0.6) is 5.88 Å². The molecule has 6 heteroatoms. The first-order chi connectivity index (χ1) is 8.71. The van der Waals surface area contributed by atoms with Gasteiger partial charge in [-0.05, 0) is 26.0 Å². The SMILES string of the molecule is CCOc1ncnc(NCC2(SC)CCC2)c1N. The maximum Gasteiger partial charge on any atom is 0.242 e. The lowest BCUT2D eigenvalue weighted by Gasteiger charge is -2.40. The fourth-order valence-corrected chi connectivity index (χ4v) is 2.95. The van der Waals surface area contributed by atoms with Crippen LogP contribution in [0, 0.1) is 0 Å². The molecule has 0 spiro atoms. The normalized spacial score (nSPS) is 17.0. The van der Waals surface area contributed by atoms with Crippen molar-refractivity contribution in [3.05, 3.63) is 6.33 Å². The molecule has 0 aliphatic heterocycles. The van der Waals surface area contributed by atoms with E-state index in [9.17, 15) is 0 Å². The molecule has 100 valence electrons. The second-order valence-corrected chi connectivity index (χ2v) is 5.74. The molecule has 2 rings (SSSR count). The van der Waals surface area contributed by atoms with E-state index < -0.39 is 0 Å². The molecule has 0 saturated heterocycles. The number of nitrogen functional groups attached to an aromatic ring is 1. The van der Waals surface area contributed by atoms with E-state index in [1.807, 2.05) is 18.7 Å². The van der Waals surface area contributed by atoms with Crippen molar-refractivity contribution in [2.24, 2.45) is 0 Å². The predicted octanol–water partition coefficient (Wildman–Crippen LogP) is 2.16. The number of anilines is 2. The lowest BCUT2D eigenvalue weighted by atomic mass is 9.84. The number of nitrogens with two attached hydrogens (primary N) is 1. The smallest absolute Gasteiger partial charge is 0.242 e. The molecule has 0 unspecified atom stereocenters. The van der Waals surface area contributed by atoms with Crippen LogP contribution in [-0.2, 0) is 0 Å². The molecule has 0 bridgehead atoms. The Morgan fingerprint density at radius 2 is 2.28 bits per heavy atom. The van der Waals surface area contributed by atoms with Crippen molar-refractivity contribution in [3.63, 3.8) is 0 Å². The van der Waals surface area contributed by atoms with E-state index in [0.29, 0.717) is 28.7 Å². The Balaban J connectivity index is 2.02. The zero-order chi connectivity index (χ0) is 13.0. The minimum Gasteiger partial charge on any atom is -0.476 e. The molecule has 1 aliphatic carbocycles. The maximum atomic E-state index is 5.98. The summed E-state index contributed by atoms with van der Waals surface area (Å²) in [7, 11) is 0. The minimum absolute atomic E-state index is 0.350. The summed E-state index contributed by atoms with van der Waals surface area (Å²) in [6, 6.07) is 0. The van der Waals surface area contributed by atoms with Gasteiger partial charge >= 0.3 is 0 Å². The summed E-state index contributed by atoms with van der Waals surface area (Å²) >= 11 is 1.92. The Labute approximate surface area is 112 Å². The van der Waals surface area contributed by atoms with Gasteiger partial charge in [0.05, 0.1) is 6.61 Å². The van der Waals surface area contributed by atoms with E-state index in [0.717, 1.165) is 6.54 Å². The standard InChI is InChI=1S/C12H20N4OS/c1-3-17-11-9(13)10(15-8-16-11)14-7-12(18-2)5-4-6-12/h8H,3-7,13H2,1-2H3,(H,14,15,16). The van der Waals surface area contributed by atoms with Crippen LogP contribution >= 0.6 is 11.8 Å². The van der Waals surface area contributed by atoms with Gasteiger partial charge in [0.1, 0.15) is 12.0 Å². The Bertz CT molecular complexity index is 404. The second kappa shape index (κ2) is 5.65. The molecule has 1 heterocycles. The minimum atomic E-state index is 0.350. The number of thioether (sulfide) groups is 1. The van der Waals surface area contributed by atoms with Gasteiger partial charge in [-0.3, -0.25) is 0 Å². The lowest BCUT2D eigenvalue weighted by molar-refractivity contribution is 0.328. The first-order valence-electron chi connectivity index (χ1n) is 6.23. The van der Waals surface area contributed by atoms with Gasteiger partial charge in [0.2, 0.25) is 5.88 Å². The Hall–Kier alpha value is -1.17. The molecule has 0 aromatic carbocycles. The van der Waals surface area contributed by atoms with Gasteiger partial charge < -0.3 is 15.8 Å². The van der Waals surface area contributed by atoms with Crippen LogP contribution in [0.2, 0.25) is 0 Å². The van der Waals surface area contributed by atoms with E-state index in [4.69, 9.17) is 10.5 Å². The maximum absolute atomic E-state index is 5.98. The molecule has 1 aromatic heterocycles. The molecular formula is C12H20N4OS. The number of nitrogens with zero attached hydrogens (tertiary/aromatic N) is 2. The molecule has 5 nitrogen and oxygen atoms in total. The third-order valence-electron chi connectivity index (χ3n) is 3.40. The van der Waals surface area contributed by atoms with Gasteiger partial charge in [-0.25, -0.2) is 4.98 Å². The molecule has 3 N–H and O–H groups in total. The van der Waals surface area contributed by atoms with Gasteiger partial charge in [-0.15, -0.1) is 0 Å². The zero-order valence-electron chi connectivity index (χ0n) is 10.9. The van der Waals surface area contributed by atoms with Gasteiger partial charge in [0, 0.05) is 11.3 Å². The van der Waals surface area contributed by atoms with Gasteiger partial charge in [0.25, 0.3) is 0 Å². The topological polar surface area (TPSA) is 73.1 Å². The highest BCUT2D eigenvalue weighted by atomic mass is 32.2. The fraction of sp³-hybridized carbons (Fsp3) is 0.667. The highest BCUT2D eigenvalue weighted by Gasteiger charge is 2.36. The first kappa shape index (κ1) is 13.3. The number of ether oxygens (including phenoxy) is 1. The van der Waals surface area contributed by atoms with Crippen LogP contribution < -0.4 is 15.8 Å². The highest BCUT2D eigenvalue weighted by Crippen LogP contribution is 2.43. The van der Waals surface area contributed by atoms with Crippen molar-refractivity contribution in [1.82, 2.24) is 9.97 Å². The molecular weight excluding hydrogens is 248 g/mol. The van der Waals surface area contributed by atoms with Gasteiger partial charge in [-0.1, -0.05) is 6.42 Å². The second-order valence-electron chi connectivity index (χ2n) is 4.47. The van der Waals surface area contributed by atoms with Gasteiger partial charge in [0.15, 0.2) is 5.82 Å². The van der Waals surface area contributed by atoms with Gasteiger partial charge in [-0.2, -0.15) is 16.7 Å². The van der Waals surface area contributed by atoms with Crippen molar-refractivity contribution >= 4 is 23.3 Å². The number of rotatable bonds is 6. The molecule has 1 aromatic rings. The quantitative estimate of drug-likeness (QED) is 0.823. The number of hydrogen-bond donors (Lipinski definition) is 2. The zero-order valence-corrected chi connectivity index (χ0v) is 11.7. The summed E-state index contributed by atoms with van der Waals surface area (Å²) in [6.07, 6.45) is 7.47. The Morgan fingerprint density at radius 1 is 1.50 bits per heavy atom. The molecule has 0 amide bonds. The van der Waals surface area contributed by atoms with Crippen LogP contribution in [0.4, 0.5) is 11.5 Å². The van der Waals surface area contributed by atoms with Crippen molar-refractivity contribution in [3.8, 4) is 5.88 Å². The van der Waals surface area contributed by atoms with Crippen molar-refractivity contribution < 1.29 is 4.74 Å². The predicted molar refractivity (Wildman–Crippen MR) is 76.2 cm³/mol. The van der Waals surface area contributed by atoms with Crippen LogP contribution in [-0.4, -0.2) is 34.1 Å². The highest BCUT2D eigenvalue weighted by molar-refractivity contribution is 8.00. The Morgan fingerprint density at radius 3 is 2.83 bits per heavy atom. The van der Waals surface area contributed by atoms with E-state index in [-0.39, 0.29) is 0 Å². The number of nitrogens with one attached hydrogen (secondary N) is 1. The Kier molecular flexibility index (Phi) is 4.16. The fourth-order valence-electron chi connectivity index (χ4n) is 2.04. The van der Waals surface area contributed by atoms with Crippen molar-refractivity contribution in [2.75, 3.05) is 30.5 Å². The summed E-state index contributed by atoms with van der Waals surface area (Å²) in [5, 5.41) is 3.33. The monoisotopic (exact) mass is 268 g/mol. The van der Waals surface area contributed by atoms with Crippen molar-refractivity contribution in [1.29, 1.82) is 0 Å². The average molecular weight is 268 g/mol. The lowest BCUT2D eigenvalue weighted by Crippen LogP contribution is -2.40. The number of hydrogen-bond acceptors (Lipinski definition) is 6. The molecule has 1 aliphatic rings. The van der Waals surface area contributed by atoms with E-state index in [1.54, 1.807) is 0 Å². The summed E-state index contributed by atoms with van der Waals surface area (Å²) in [4.78, 5) is 8.20. The molecule has 18 heavy (non-hydrogen) atoms. The van der Waals surface area contributed by atoms with Crippen LogP contribution in [0.15, 0.2) is 6.33 Å². The van der Waals surface area contributed by atoms with Crippen molar-refractivity contribution in [2.45, 2.75) is 30.9 Å². The summed E-state index contributed by atoms with van der Waals surface area (Å²) < 4.78 is 5.70. The molecule has 1 fully saturated rings. The summed E-state index contributed by atoms with van der Waals surface area (Å²) in [6.45, 7) is 3.35. The first-order valence-corrected chi connectivity index (χ1v) is 7.45. The molecule has 0 atom stereocenters. The average Bonchev–Trinajstić information content (AvgIpc) is 2.33. The summed E-state index contributed by atoms with van der Waals surface area (Å²) in [5.74, 6) is 1.13. The molecule has 0 radical (unpaired) electrons. The van der Waals surface area contributed by atoms with Crippen LogP contribution in [0.3, 0.4) is 0 Å². The molecule has 1 saturated carbocycles. The van der Waals surface area contributed by atoms with Crippen LogP contribution in [0.25, 0.3) is 0 Å². The van der Waals surface area contributed by atoms with E-state index in [2.05, 4.69) is 21.5 Å². The number of aromatic nitrogens is 2. The van der Waals surface area contributed by atoms with Crippen LogP contribution in [0.1, 0.15) is 26.2 Å². The summed E-state index contributed by atoms with van der Waals surface area (Å²) in [5.41, 5.74) is 6.48. The third kappa shape index (κ3) is 2.63. The third-order valence-corrected chi connectivity index (χ3v) is 4.82. The largest absolute Gasteiger partial charge is 0.476 e.